The predicted octanol–water partition coefficient (Wildman–Crippen LogP) is 3.93. The zero-order chi connectivity index (χ0) is 26.4. The molecule has 4 N–H and O–H groups in total. The van der Waals surface area contributed by atoms with Crippen LogP contribution < -0.4 is 15.2 Å². The van der Waals surface area contributed by atoms with Gasteiger partial charge in [-0.25, -0.2) is 0 Å². The van der Waals surface area contributed by atoms with Gasteiger partial charge in [0, 0.05) is 5.41 Å². The first kappa shape index (κ1) is 28.3. The van der Waals surface area contributed by atoms with Crippen molar-refractivity contribution in [1.82, 2.24) is 0 Å². The third-order valence-corrected chi connectivity index (χ3v) is 6.69. The highest BCUT2D eigenvalue weighted by Crippen LogP contribution is 2.41. The van der Waals surface area contributed by atoms with E-state index in [9.17, 15) is 14.7 Å². The molecule has 0 fully saturated rings. The molecule has 0 aliphatic heterocycles. The lowest BCUT2D eigenvalue weighted by atomic mass is 9.70. The summed E-state index contributed by atoms with van der Waals surface area (Å²) in [4.78, 5) is 23.6. The number of aryl methyl sites for hydroxylation is 1. The van der Waals surface area contributed by atoms with E-state index in [1.54, 1.807) is 12.1 Å². The Morgan fingerprint density at radius 2 is 1.54 bits per heavy atom. The fourth-order valence-electron chi connectivity index (χ4n) is 4.11. The lowest BCUT2D eigenvalue weighted by Crippen LogP contribution is -2.32. The number of carbonyl (C=O) groups is 2. The molecule has 192 valence electrons. The fourth-order valence-corrected chi connectivity index (χ4v) is 4.11. The number of hydrogen-bond donors (Lipinski definition) is 3. The van der Waals surface area contributed by atoms with E-state index in [-0.39, 0.29) is 29.9 Å². The van der Waals surface area contributed by atoms with E-state index in [4.69, 9.17) is 20.3 Å². The summed E-state index contributed by atoms with van der Waals surface area (Å²) in [5.74, 6) is -0.222. The quantitative estimate of drug-likeness (QED) is 0.419. The summed E-state index contributed by atoms with van der Waals surface area (Å²) in [6.45, 7) is 11.3. The minimum absolute atomic E-state index is 0.187. The van der Waals surface area contributed by atoms with E-state index in [1.165, 1.54) is 0 Å². The zero-order valence-electron chi connectivity index (χ0n) is 21.7. The number of hydrogen-bond acceptors (Lipinski definition) is 6. The van der Waals surface area contributed by atoms with Crippen LogP contribution in [0.1, 0.15) is 74.5 Å². The second kappa shape index (κ2) is 11.7. The van der Waals surface area contributed by atoms with Crippen molar-refractivity contribution in [2.45, 2.75) is 65.9 Å². The molecule has 7 heteroatoms. The number of aliphatic hydroxyl groups is 2. The Labute approximate surface area is 208 Å². The molecule has 0 radical (unpaired) electrons. The van der Waals surface area contributed by atoms with Crippen molar-refractivity contribution in [1.29, 1.82) is 0 Å². The number of carbonyl (C=O) groups excluding carboxylic acids is 2. The molecule has 0 aliphatic carbocycles. The van der Waals surface area contributed by atoms with E-state index in [0.29, 0.717) is 5.75 Å². The molecule has 0 heterocycles. The van der Waals surface area contributed by atoms with Gasteiger partial charge in [-0.2, -0.15) is 0 Å². The van der Waals surface area contributed by atoms with Gasteiger partial charge in [0.05, 0.1) is 11.7 Å². The Bertz CT molecular complexity index is 1040. The largest absolute Gasteiger partial charge is 0.491 e. The number of ether oxygens (including phenoxy) is 2. The van der Waals surface area contributed by atoms with Gasteiger partial charge in [0.1, 0.15) is 31.3 Å². The third-order valence-electron chi connectivity index (χ3n) is 6.69. The predicted molar refractivity (Wildman–Crippen MR) is 136 cm³/mol. The standard InChI is InChI=1S/C28H39NO6/c1-7-28(8-2,19-9-11-23(18(3)13-19)35-17-25(32)27(4,5)6)20-10-12-24(22(14-20)26(29)33)34-16-21(31)15-30/h9-14,25,30,32H,7-8,15-17H2,1-6H3,(H2,29,33). The van der Waals surface area contributed by atoms with Crippen LogP contribution in [0.25, 0.3) is 0 Å². The topological polar surface area (TPSA) is 119 Å². The molecule has 2 aromatic rings. The van der Waals surface area contributed by atoms with Crippen LogP contribution in [0, 0.1) is 12.3 Å². The lowest BCUT2D eigenvalue weighted by Gasteiger charge is -2.34. The highest BCUT2D eigenvalue weighted by Gasteiger charge is 2.32. The number of ketones is 1. The maximum absolute atomic E-state index is 12.2. The van der Waals surface area contributed by atoms with Crippen LogP contribution in [0.15, 0.2) is 36.4 Å². The van der Waals surface area contributed by atoms with Gasteiger partial charge in [-0.05, 0) is 60.1 Å². The Morgan fingerprint density at radius 1 is 0.971 bits per heavy atom. The second-order valence-corrected chi connectivity index (χ2v) is 10.0. The van der Waals surface area contributed by atoms with Crippen LogP contribution in [0.3, 0.4) is 0 Å². The van der Waals surface area contributed by atoms with Gasteiger partial charge in [-0.3, -0.25) is 9.59 Å². The first-order valence-electron chi connectivity index (χ1n) is 12.0. The van der Waals surface area contributed by atoms with Gasteiger partial charge < -0.3 is 25.4 Å². The van der Waals surface area contributed by atoms with Crippen molar-refractivity contribution >= 4 is 11.7 Å². The molecular formula is C28H39NO6. The number of benzene rings is 2. The van der Waals surface area contributed by atoms with Crippen LogP contribution in [-0.2, 0) is 10.2 Å². The lowest BCUT2D eigenvalue weighted by molar-refractivity contribution is -0.123. The van der Waals surface area contributed by atoms with Gasteiger partial charge >= 0.3 is 0 Å². The molecule has 2 rings (SSSR count). The number of nitrogens with two attached hydrogens (primary N) is 1. The van der Waals surface area contributed by atoms with Crippen molar-refractivity contribution < 1.29 is 29.3 Å². The van der Waals surface area contributed by atoms with Gasteiger partial charge in [0.25, 0.3) is 5.91 Å². The summed E-state index contributed by atoms with van der Waals surface area (Å²) < 4.78 is 11.4. The molecule has 0 saturated carbocycles. The zero-order valence-corrected chi connectivity index (χ0v) is 21.7. The van der Waals surface area contributed by atoms with Gasteiger partial charge in [-0.15, -0.1) is 0 Å². The molecule has 0 bridgehead atoms. The second-order valence-electron chi connectivity index (χ2n) is 10.0. The van der Waals surface area contributed by atoms with E-state index in [1.807, 2.05) is 45.9 Å². The number of amides is 1. The Kier molecular flexibility index (Phi) is 9.46. The van der Waals surface area contributed by atoms with E-state index < -0.39 is 29.8 Å². The highest BCUT2D eigenvalue weighted by atomic mass is 16.5. The Balaban J connectivity index is 2.43. The molecule has 1 unspecified atom stereocenters. The minimum Gasteiger partial charge on any atom is -0.491 e. The monoisotopic (exact) mass is 485 g/mol. The molecular weight excluding hydrogens is 446 g/mol. The average Bonchev–Trinajstić information content (AvgIpc) is 2.82. The van der Waals surface area contributed by atoms with E-state index >= 15 is 0 Å². The van der Waals surface area contributed by atoms with Gasteiger partial charge in [0.2, 0.25) is 0 Å². The molecule has 1 amide bonds. The van der Waals surface area contributed by atoms with Crippen molar-refractivity contribution in [2.24, 2.45) is 11.1 Å². The molecule has 2 aromatic carbocycles. The average molecular weight is 486 g/mol. The van der Waals surface area contributed by atoms with Crippen LogP contribution in [-0.4, -0.2) is 47.8 Å². The van der Waals surface area contributed by atoms with Crippen molar-refractivity contribution in [3.05, 3.63) is 58.7 Å². The van der Waals surface area contributed by atoms with Crippen molar-refractivity contribution in [2.75, 3.05) is 19.8 Å². The molecule has 0 saturated heterocycles. The molecule has 1 atom stereocenters. The smallest absolute Gasteiger partial charge is 0.252 e. The van der Waals surface area contributed by atoms with E-state index in [0.717, 1.165) is 29.5 Å². The molecule has 35 heavy (non-hydrogen) atoms. The molecule has 0 spiro atoms. The van der Waals surface area contributed by atoms with E-state index in [2.05, 4.69) is 19.9 Å². The maximum atomic E-state index is 12.2. The summed E-state index contributed by atoms with van der Waals surface area (Å²) in [6.07, 6.45) is 0.952. The van der Waals surface area contributed by atoms with Crippen LogP contribution in [0.2, 0.25) is 0 Å². The molecule has 0 aliphatic rings. The fraction of sp³-hybridized carbons (Fsp3) is 0.500. The maximum Gasteiger partial charge on any atom is 0.252 e. The number of Topliss-reactive ketones (excluding diaryl/α,β-unsaturated/α-hetero) is 1. The first-order chi connectivity index (χ1) is 16.4. The summed E-state index contributed by atoms with van der Waals surface area (Å²) in [5.41, 5.74) is 8.09. The summed E-state index contributed by atoms with van der Waals surface area (Å²) in [5, 5.41) is 19.2. The van der Waals surface area contributed by atoms with Crippen LogP contribution in [0.5, 0.6) is 11.5 Å². The number of primary amides is 1. The summed E-state index contributed by atoms with van der Waals surface area (Å²) in [7, 11) is 0. The Morgan fingerprint density at radius 3 is 2.03 bits per heavy atom. The first-order valence-corrected chi connectivity index (χ1v) is 12.0. The molecule has 0 aromatic heterocycles. The third kappa shape index (κ3) is 6.61. The molecule has 7 nitrogen and oxygen atoms in total. The number of rotatable bonds is 12. The van der Waals surface area contributed by atoms with Crippen molar-refractivity contribution in [3.63, 3.8) is 0 Å². The summed E-state index contributed by atoms with van der Waals surface area (Å²) >= 11 is 0. The normalized spacial score (nSPS) is 12.8. The Hall–Kier alpha value is -2.90. The van der Waals surface area contributed by atoms with Crippen LogP contribution in [0.4, 0.5) is 0 Å². The van der Waals surface area contributed by atoms with Gasteiger partial charge in [-0.1, -0.05) is 52.8 Å². The van der Waals surface area contributed by atoms with Crippen molar-refractivity contribution in [3.8, 4) is 11.5 Å². The minimum atomic E-state index is -0.656. The van der Waals surface area contributed by atoms with Gasteiger partial charge in [0.15, 0.2) is 5.78 Å². The summed E-state index contributed by atoms with van der Waals surface area (Å²) in [6, 6.07) is 11.3. The number of aliphatic hydroxyl groups excluding tert-OH is 2. The SMILES string of the molecule is CCC(CC)(c1ccc(OCC(O)C(C)(C)C)c(C)c1)c1ccc(OCC(=O)CO)c(C(N)=O)c1. The highest BCUT2D eigenvalue weighted by molar-refractivity contribution is 5.96. The van der Waals surface area contributed by atoms with Crippen LogP contribution >= 0.6 is 0 Å².